The van der Waals surface area contributed by atoms with E-state index in [2.05, 4.69) is 60.0 Å². The molecular weight excluding hydrogens is 560 g/mol. The smallest absolute Gasteiger partial charge is 0.142 e. The van der Waals surface area contributed by atoms with Gasteiger partial charge in [0.2, 0.25) is 0 Å². The Bertz CT molecular complexity index is 1360. The second kappa shape index (κ2) is 15.3. The molecule has 2 aliphatic rings. The van der Waals surface area contributed by atoms with Crippen LogP contribution in [0.25, 0.3) is 11.1 Å². The lowest BCUT2D eigenvalue weighted by Gasteiger charge is -2.27. The number of likely N-dealkylation sites (tertiary alicyclic amines) is 2. The van der Waals surface area contributed by atoms with Gasteiger partial charge >= 0.3 is 0 Å². The number of hydrogen-bond donors (Lipinski definition) is 0. The Kier molecular flexibility index (Phi) is 11.3. The molecule has 7 heteroatoms. The van der Waals surface area contributed by atoms with Crippen molar-refractivity contribution >= 4 is 11.6 Å². The summed E-state index contributed by atoms with van der Waals surface area (Å²) in [6.07, 6.45) is 6.31. The van der Waals surface area contributed by atoms with Crippen LogP contribution in [0.1, 0.15) is 54.4 Å². The van der Waals surface area contributed by atoms with Crippen LogP contribution in [-0.4, -0.2) is 69.5 Å². The standard InChI is InChI=1S/C36H47ClN2O4/c1-26-28(25-43-36-22-35(41-4)29(21-33(36)37)23-38-16-6-5-7-17-38)11-8-12-31(26)32-13-9-14-34(27(32)2)42-20-10-18-39-19-15-30(24-39)40-3/h8-9,11-14,21-22,30H,5-7,10,15-20,23-25H2,1-4H3/t30-/m1/s1. The van der Waals surface area contributed by atoms with Gasteiger partial charge in [-0.25, -0.2) is 0 Å². The highest BCUT2D eigenvalue weighted by Crippen LogP contribution is 2.36. The molecule has 2 heterocycles. The summed E-state index contributed by atoms with van der Waals surface area (Å²) in [4.78, 5) is 4.94. The second-order valence-electron chi connectivity index (χ2n) is 11.9. The Labute approximate surface area is 262 Å². The molecule has 2 aliphatic heterocycles. The van der Waals surface area contributed by atoms with Crippen molar-refractivity contribution in [1.82, 2.24) is 9.80 Å². The average molecular weight is 607 g/mol. The van der Waals surface area contributed by atoms with E-state index in [1.165, 1.54) is 36.0 Å². The van der Waals surface area contributed by atoms with Crippen molar-refractivity contribution in [1.29, 1.82) is 0 Å². The topological polar surface area (TPSA) is 43.4 Å². The van der Waals surface area contributed by atoms with Gasteiger partial charge in [-0.05, 0) is 92.6 Å². The average Bonchev–Trinajstić information content (AvgIpc) is 3.49. The van der Waals surface area contributed by atoms with Gasteiger partial charge in [-0.15, -0.1) is 0 Å². The molecule has 0 unspecified atom stereocenters. The van der Waals surface area contributed by atoms with Crippen LogP contribution in [0.15, 0.2) is 48.5 Å². The fraction of sp³-hybridized carbons (Fsp3) is 0.500. The van der Waals surface area contributed by atoms with Gasteiger partial charge in [0, 0.05) is 44.9 Å². The third-order valence-electron chi connectivity index (χ3n) is 9.02. The summed E-state index contributed by atoms with van der Waals surface area (Å²) in [6, 6.07) is 16.7. The van der Waals surface area contributed by atoms with Crippen molar-refractivity contribution in [3.8, 4) is 28.4 Å². The number of ether oxygens (including phenoxy) is 4. The zero-order valence-corrected chi connectivity index (χ0v) is 27.0. The van der Waals surface area contributed by atoms with E-state index in [1.807, 2.05) is 12.1 Å². The summed E-state index contributed by atoms with van der Waals surface area (Å²) in [5.41, 5.74) is 6.94. The van der Waals surface area contributed by atoms with Crippen LogP contribution >= 0.6 is 11.6 Å². The van der Waals surface area contributed by atoms with Crippen LogP contribution in [0.2, 0.25) is 5.02 Å². The normalized spacial score (nSPS) is 17.7. The summed E-state index contributed by atoms with van der Waals surface area (Å²) in [7, 11) is 3.52. The summed E-state index contributed by atoms with van der Waals surface area (Å²) in [6.45, 7) is 11.7. The van der Waals surface area contributed by atoms with E-state index in [0.29, 0.717) is 30.1 Å². The predicted molar refractivity (Wildman–Crippen MR) is 175 cm³/mol. The van der Waals surface area contributed by atoms with Crippen LogP contribution in [0.4, 0.5) is 0 Å². The van der Waals surface area contributed by atoms with Gasteiger partial charge in [0.15, 0.2) is 0 Å². The highest BCUT2D eigenvalue weighted by atomic mass is 35.5. The van der Waals surface area contributed by atoms with E-state index in [0.717, 1.165) is 80.3 Å². The maximum absolute atomic E-state index is 6.73. The third kappa shape index (κ3) is 8.04. The minimum Gasteiger partial charge on any atom is -0.496 e. The molecule has 2 fully saturated rings. The molecule has 5 rings (SSSR count). The highest BCUT2D eigenvalue weighted by molar-refractivity contribution is 6.32. The number of rotatable bonds is 13. The second-order valence-corrected chi connectivity index (χ2v) is 12.3. The fourth-order valence-electron chi connectivity index (χ4n) is 6.37. The number of hydrogen-bond acceptors (Lipinski definition) is 6. The molecule has 0 aliphatic carbocycles. The molecule has 3 aromatic carbocycles. The van der Waals surface area contributed by atoms with E-state index in [1.54, 1.807) is 14.2 Å². The first-order chi connectivity index (χ1) is 21.0. The van der Waals surface area contributed by atoms with Crippen LogP contribution in [0.5, 0.6) is 17.2 Å². The third-order valence-corrected chi connectivity index (χ3v) is 9.32. The number of piperidine rings is 1. The molecule has 0 N–H and O–H groups in total. The van der Waals surface area contributed by atoms with E-state index in [4.69, 9.17) is 30.5 Å². The van der Waals surface area contributed by atoms with E-state index >= 15 is 0 Å². The molecule has 3 aromatic rings. The molecule has 1 atom stereocenters. The highest BCUT2D eigenvalue weighted by Gasteiger charge is 2.21. The van der Waals surface area contributed by atoms with Crippen molar-refractivity contribution in [3.63, 3.8) is 0 Å². The van der Waals surface area contributed by atoms with Gasteiger partial charge in [0.1, 0.15) is 23.9 Å². The van der Waals surface area contributed by atoms with Crippen LogP contribution in [-0.2, 0) is 17.9 Å². The molecule has 0 amide bonds. The Morgan fingerprint density at radius 1 is 0.791 bits per heavy atom. The summed E-state index contributed by atoms with van der Waals surface area (Å²) >= 11 is 6.73. The molecule has 0 saturated carbocycles. The van der Waals surface area contributed by atoms with Crippen molar-refractivity contribution in [2.24, 2.45) is 0 Å². The van der Waals surface area contributed by atoms with Crippen molar-refractivity contribution < 1.29 is 18.9 Å². The lowest BCUT2D eigenvalue weighted by Crippen LogP contribution is -2.29. The van der Waals surface area contributed by atoms with Gasteiger partial charge in [0.25, 0.3) is 0 Å². The van der Waals surface area contributed by atoms with Crippen LogP contribution in [0.3, 0.4) is 0 Å². The van der Waals surface area contributed by atoms with Crippen LogP contribution in [0, 0.1) is 13.8 Å². The molecule has 0 aromatic heterocycles. The van der Waals surface area contributed by atoms with Gasteiger partial charge < -0.3 is 23.8 Å². The van der Waals surface area contributed by atoms with Gasteiger partial charge in [0.05, 0.1) is 24.8 Å². The number of benzene rings is 3. The van der Waals surface area contributed by atoms with Gasteiger partial charge in [-0.2, -0.15) is 0 Å². The molecule has 0 spiro atoms. The first-order valence-electron chi connectivity index (χ1n) is 15.7. The van der Waals surface area contributed by atoms with E-state index in [9.17, 15) is 0 Å². The molecule has 0 bridgehead atoms. The molecule has 43 heavy (non-hydrogen) atoms. The van der Waals surface area contributed by atoms with Gasteiger partial charge in [-0.3, -0.25) is 4.90 Å². The Morgan fingerprint density at radius 3 is 2.30 bits per heavy atom. The molecule has 2 saturated heterocycles. The monoisotopic (exact) mass is 606 g/mol. The molecule has 232 valence electrons. The van der Waals surface area contributed by atoms with Crippen molar-refractivity contribution in [2.45, 2.75) is 65.2 Å². The Hall–Kier alpha value is -2.77. The quantitative estimate of drug-likeness (QED) is 0.186. The Balaban J connectivity index is 1.23. The Morgan fingerprint density at radius 2 is 1.56 bits per heavy atom. The number of methoxy groups -OCH3 is 2. The number of nitrogens with zero attached hydrogens (tertiary/aromatic N) is 2. The minimum atomic E-state index is 0.374. The van der Waals surface area contributed by atoms with Crippen molar-refractivity contribution in [3.05, 3.63) is 75.8 Å². The number of halogens is 1. The first kappa shape index (κ1) is 31.6. The molecule has 0 radical (unpaired) electrons. The zero-order valence-electron chi connectivity index (χ0n) is 26.3. The predicted octanol–water partition coefficient (Wildman–Crippen LogP) is 7.69. The van der Waals surface area contributed by atoms with Crippen molar-refractivity contribution in [2.75, 3.05) is 53.6 Å². The minimum absolute atomic E-state index is 0.374. The van der Waals surface area contributed by atoms with Gasteiger partial charge in [-0.1, -0.05) is 48.4 Å². The SMILES string of the molecule is COc1cc(OCc2cccc(-c3cccc(OCCCN4CC[C@@H](OC)C4)c3C)c2C)c(Cl)cc1CN1CCCCC1. The summed E-state index contributed by atoms with van der Waals surface area (Å²) in [5, 5.41) is 0.616. The fourth-order valence-corrected chi connectivity index (χ4v) is 6.61. The van der Waals surface area contributed by atoms with E-state index < -0.39 is 0 Å². The van der Waals surface area contributed by atoms with E-state index in [-0.39, 0.29) is 0 Å². The zero-order chi connectivity index (χ0) is 30.2. The molecular formula is C36H47ClN2O4. The maximum atomic E-state index is 6.73. The maximum Gasteiger partial charge on any atom is 0.142 e. The molecule has 6 nitrogen and oxygen atoms in total. The van der Waals surface area contributed by atoms with Crippen LogP contribution < -0.4 is 14.2 Å². The lowest BCUT2D eigenvalue weighted by molar-refractivity contribution is 0.107. The first-order valence-corrected chi connectivity index (χ1v) is 16.1. The summed E-state index contributed by atoms with van der Waals surface area (Å²) in [5.74, 6) is 2.41. The summed E-state index contributed by atoms with van der Waals surface area (Å²) < 4.78 is 23.8. The largest absolute Gasteiger partial charge is 0.496 e. The lowest BCUT2D eigenvalue weighted by atomic mass is 9.93.